The first-order valence-electron chi connectivity index (χ1n) is 7.24. The zero-order valence-corrected chi connectivity index (χ0v) is 12.2. The van der Waals surface area contributed by atoms with Gasteiger partial charge in [0.2, 0.25) is 0 Å². The van der Waals surface area contributed by atoms with Crippen molar-refractivity contribution in [3.63, 3.8) is 0 Å². The first-order valence-corrected chi connectivity index (χ1v) is 7.24. The summed E-state index contributed by atoms with van der Waals surface area (Å²) in [4.78, 5) is 4.31. The number of nitrogens with zero attached hydrogens (tertiary/aromatic N) is 1. The quantitative estimate of drug-likeness (QED) is 0.827. The molecule has 3 heteroatoms. The van der Waals surface area contributed by atoms with Crippen molar-refractivity contribution < 1.29 is 4.74 Å². The molecule has 0 aliphatic rings. The number of rotatable bonds is 7. The van der Waals surface area contributed by atoms with Crippen LogP contribution in [0.5, 0.6) is 11.5 Å². The van der Waals surface area contributed by atoms with E-state index in [1.807, 2.05) is 24.3 Å². The molecular weight excluding hydrogens is 248 g/mol. The molecule has 0 atom stereocenters. The Labute approximate surface area is 121 Å². The molecule has 2 aromatic rings. The zero-order chi connectivity index (χ0) is 14.2. The van der Waals surface area contributed by atoms with Crippen molar-refractivity contribution in [3.8, 4) is 11.5 Å². The highest BCUT2D eigenvalue weighted by molar-refractivity contribution is 5.33. The minimum Gasteiger partial charge on any atom is -0.457 e. The van der Waals surface area contributed by atoms with Crippen LogP contribution in [0.15, 0.2) is 42.6 Å². The second kappa shape index (κ2) is 7.65. The summed E-state index contributed by atoms with van der Waals surface area (Å²) in [7, 11) is 0. The Hall–Kier alpha value is -1.87. The highest BCUT2D eigenvalue weighted by atomic mass is 16.5. The Morgan fingerprint density at radius 2 is 1.85 bits per heavy atom. The van der Waals surface area contributed by atoms with Crippen molar-refractivity contribution in [2.45, 2.75) is 33.2 Å². The lowest BCUT2D eigenvalue weighted by atomic mass is 10.1. The van der Waals surface area contributed by atoms with Crippen molar-refractivity contribution in [1.82, 2.24) is 10.3 Å². The van der Waals surface area contributed by atoms with Gasteiger partial charge in [0, 0.05) is 18.8 Å². The number of hydrogen-bond acceptors (Lipinski definition) is 3. The van der Waals surface area contributed by atoms with Gasteiger partial charge in [0.05, 0.1) is 5.69 Å². The Balaban J connectivity index is 2.01. The fraction of sp³-hybridized carbons (Fsp3) is 0.353. The average molecular weight is 270 g/mol. The average Bonchev–Trinajstić information content (AvgIpc) is 2.48. The first kappa shape index (κ1) is 14.5. The van der Waals surface area contributed by atoms with Crippen molar-refractivity contribution in [3.05, 3.63) is 53.9 Å². The Morgan fingerprint density at radius 1 is 1.05 bits per heavy atom. The highest BCUT2D eigenvalue weighted by Crippen LogP contribution is 2.22. The summed E-state index contributed by atoms with van der Waals surface area (Å²) in [6.45, 7) is 5.97. The van der Waals surface area contributed by atoms with Crippen LogP contribution in [0.3, 0.4) is 0 Å². The number of pyridine rings is 1. The van der Waals surface area contributed by atoms with Crippen LogP contribution in [0.1, 0.15) is 31.5 Å². The summed E-state index contributed by atoms with van der Waals surface area (Å²) in [5.74, 6) is 1.70. The first-order chi connectivity index (χ1) is 9.81. The van der Waals surface area contributed by atoms with Gasteiger partial charge >= 0.3 is 0 Å². The Bertz CT molecular complexity index is 523. The van der Waals surface area contributed by atoms with Gasteiger partial charge in [-0.2, -0.15) is 0 Å². The smallest absolute Gasteiger partial charge is 0.130 e. The van der Waals surface area contributed by atoms with E-state index in [0.29, 0.717) is 0 Å². The third kappa shape index (κ3) is 4.35. The minimum absolute atomic E-state index is 0.767. The molecule has 20 heavy (non-hydrogen) atoms. The fourth-order valence-electron chi connectivity index (χ4n) is 2.02. The summed E-state index contributed by atoms with van der Waals surface area (Å²) < 4.78 is 5.86. The standard InChI is InChI=1S/C17H22N2O/c1-3-5-14-6-8-16(9-7-14)20-17-10-11-19-15(12-17)13-18-4-2/h6-12,18H,3-5,13H2,1-2H3. The molecule has 0 saturated carbocycles. The minimum atomic E-state index is 0.767. The molecule has 0 unspecified atom stereocenters. The van der Waals surface area contributed by atoms with Crippen molar-refractivity contribution in [2.75, 3.05) is 6.54 Å². The summed E-state index contributed by atoms with van der Waals surface area (Å²) >= 11 is 0. The third-order valence-electron chi connectivity index (χ3n) is 3.04. The van der Waals surface area contributed by atoms with Crippen LogP contribution < -0.4 is 10.1 Å². The van der Waals surface area contributed by atoms with E-state index in [1.165, 1.54) is 12.0 Å². The van der Waals surface area contributed by atoms with Crippen molar-refractivity contribution in [2.24, 2.45) is 0 Å². The predicted octanol–water partition coefficient (Wildman–Crippen LogP) is 3.94. The monoisotopic (exact) mass is 270 g/mol. The summed E-state index contributed by atoms with van der Waals surface area (Å²) in [6, 6.07) is 12.2. The zero-order valence-electron chi connectivity index (χ0n) is 12.2. The molecule has 1 N–H and O–H groups in total. The molecule has 0 amide bonds. The molecule has 106 valence electrons. The van der Waals surface area contributed by atoms with E-state index >= 15 is 0 Å². The van der Waals surface area contributed by atoms with Crippen LogP contribution in [-0.4, -0.2) is 11.5 Å². The largest absolute Gasteiger partial charge is 0.457 e. The summed E-state index contributed by atoms with van der Waals surface area (Å²) in [5, 5.41) is 3.26. The Morgan fingerprint density at radius 3 is 2.55 bits per heavy atom. The maximum atomic E-state index is 5.86. The molecule has 2 rings (SSSR count). The lowest BCUT2D eigenvalue weighted by Gasteiger charge is -2.08. The molecule has 0 fully saturated rings. The van der Waals surface area contributed by atoms with Gasteiger partial charge in [-0.1, -0.05) is 32.4 Å². The van der Waals surface area contributed by atoms with E-state index < -0.39 is 0 Å². The molecule has 0 saturated heterocycles. The number of benzene rings is 1. The molecule has 0 radical (unpaired) electrons. The second-order valence-corrected chi connectivity index (χ2v) is 4.76. The molecule has 0 aliphatic heterocycles. The maximum absolute atomic E-state index is 5.86. The van der Waals surface area contributed by atoms with Gasteiger partial charge in [-0.25, -0.2) is 0 Å². The van der Waals surface area contributed by atoms with Gasteiger partial charge in [0.1, 0.15) is 11.5 Å². The van der Waals surface area contributed by atoms with Gasteiger partial charge in [0.15, 0.2) is 0 Å². The molecule has 0 spiro atoms. The van der Waals surface area contributed by atoms with E-state index in [2.05, 4.69) is 36.3 Å². The number of aryl methyl sites for hydroxylation is 1. The van der Waals surface area contributed by atoms with Gasteiger partial charge in [0.25, 0.3) is 0 Å². The lowest BCUT2D eigenvalue weighted by molar-refractivity contribution is 0.480. The molecule has 1 aromatic carbocycles. The molecular formula is C17H22N2O. The molecule has 1 heterocycles. The number of nitrogens with one attached hydrogen (secondary N) is 1. The molecule has 3 nitrogen and oxygen atoms in total. The van der Waals surface area contributed by atoms with E-state index in [4.69, 9.17) is 4.74 Å². The van der Waals surface area contributed by atoms with E-state index in [9.17, 15) is 0 Å². The van der Waals surface area contributed by atoms with Crippen molar-refractivity contribution in [1.29, 1.82) is 0 Å². The van der Waals surface area contributed by atoms with Gasteiger partial charge in [-0.15, -0.1) is 0 Å². The van der Waals surface area contributed by atoms with E-state index in [-0.39, 0.29) is 0 Å². The maximum Gasteiger partial charge on any atom is 0.130 e. The van der Waals surface area contributed by atoms with Gasteiger partial charge in [-0.05, 0) is 36.7 Å². The summed E-state index contributed by atoms with van der Waals surface area (Å²) in [6.07, 6.45) is 4.06. The highest BCUT2D eigenvalue weighted by Gasteiger charge is 2.00. The Kier molecular flexibility index (Phi) is 5.56. The number of aromatic nitrogens is 1. The third-order valence-corrected chi connectivity index (χ3v) is 3.04. The van der Waals surface area contributed by atoms with Gasteiger partial charge < -0.3 is 10.1 Å². The molecule has 1 aromatic heterocycles. The number of ether oxygens (including phenoxy) is 1. The van der Waals surface area contributed by atoms with E-state index in [0.717, 1.165) is 36.7 Å². The molecule has 0 bridgehead atoms. The van der Waals surface area contributed by atoms with Crippen LogP contribution in [0.4, 0.5) is 0 Å². The predicted molar refractivity (Wildman–Crippen MR) is 82.1 cm³/mol. The van der Waals surface area contributed by atoms with Crippen molar-refractivity contribution >= 4 is 0 Å². The lowest BCUT2D eigenvalue weighted by Crippen LogP contribution is -2.12. The second-order valence-electron chi connectivity index (χ2n) is 4.76. The summed E-state index contributed by atoms with van der Waals surface area (Å²) in [5.41, 5.74) is 2.34. The topological polar surface area (TPSA) is 34.1 Å². The van der Waals surface area contributed by atoms with Crippen LogP contribution >= 0.6 is 0 Å². The van der Waals surface area contributed by atoms with Crippen LogP contribution in [0.25, 0.3) is 0 Å². The number of hydrogen-bond donors (Lipinski definition) is 1. The van der Waals surface area contributed by atoms with Crippen LogP contribution in [0.2, 0.25) is 0 Å². The van der Waals surface area contributed by atoms with Crippen LogP contribution in [0, 0.1) is 0 Å². The normalized spacial score (nSPS) is 10.5. The molecule has 0 aliphatic carbocycles. The SMILES string of the molecule is CCCc1ccc(Oc2ccnc(CNCC)c2)cc1. The van der Waals surface area contributed by atoms with E-state index in [1.54, 1.807) is 6.20 Å². The van der Waals surface area contributed by atoms with Gasteiger partial charge in [-0.3, -0.25) is 4.98 Å². The fourth-order valence-corrected chi connectivity index (χ4v) is 2.02. The van der Waals surface area contributed by atoms with Crippen LogP contribution in [-0.2, 0) is 13.0 Å².